The molecule has 16 heavy (non-hydrogen) atoms. The van der Waals surface area contributed by atoms with Gasteiger partial charge in [-0.15, -0.1) is 0 Å². The van der Waals surface area contributed by atoms with E-state index in [0.717, 1.165) is 5.16 Å². The van der Waals surface area contributed by atoms with Crippen molar-refractivity contribution in [1.29, 1.82) is 0 Å². The highest BCUT2D eigenvalue weighted by molar-refractivity contribution is 7.99. The first-order valence-corrected chi connectivity index (χ1v) is 6.12. The average molecular weight is 243 g/mol. The molecule has 0 fully saturated rings. The number of hydrogen-bond donors (Lipinski definition) is 0. The van der Waals surface area contributed by atoms with E-state index in [2.05, 4.69) is 10.1 Å². The van der Waals surface area contributed by atoms with Crippen molar-refractivity contribution in [2.24, 2.45) is 0 Å². The van der Waals surface area contributed by atoms with Gasteiger partial charge in [-0.05, 0) is 27.7 Å². The molecule has 90 valence electrons. The molecule has 5 nitrogen and oxygen atoms in total. The number of esters is 1. The van der Waals surface area contributed by atoms with Gasteiger partial charge < -0.3 is 4.74 Å². The average Bonchev–Trinajstić information content (AvgIpc) is 2.62. The normalized spacial score (nSPS) is 11.5. The molecule has 1 heterocycles. The van der Waals surface area contributed by atoms with E-state index in [4.69, 9.17) is 4.74 Å². The van der Waals surface area contributed by atoms with Gasteiger partial charge in [0.2, 0.25) is 0 Å². The molecule has 0 aliphatic carbocycles. The Morgan fingerprint density at radius 1 is 1.56 bits per heavy atom. The van der Waals surface area contributed by atoms with Crippen molar-refractivity contribution < 1.29 is 9.53 Å². The highest BCUT2D eigenvalue weighted by atomic mass is 32.2. The predicted molar refractivity (Wildman–Crippen MR) is 62.4 cm³/mol. The van der Waals surface area contributed by atoms with Crippen LogP contribution in [0.15, 0.2) is 11.5 Å². The number of thioether (sulfide) groups is 1. The molecular formula is C10H17N3O2S. The van der Waals surface area contributed by atoms with Crippen LogP contribution in [-0.4, -0.2) is 33.1 Å². The Kier molecular flexibility index (Phi) is 4.35. The summed E-state index contributed by atoms with van der Waals surface area (Å²) in [5.74, 6) is 0.0405. The number of ether oxygens (including phenoxy) is 1. The van der Waals surface area contributed by atoms with Crippen molar-refractivity contribution in [3.63, 3.8) is 0 Å². The van der Waals surface area contributed by atoms with Crippen LogP contribution in [0.1, 0.15) is 27.7 Å². The first-order chi connectivity index (χ1) is 7.45. The number of nitrogens with zero attached hydrogens (tertiary/aromatic N) is 3. The maximum atomic E-state index is 11.2. The van der Waals surface area contributed by atoms with Crippen molar-refractivity contribution in [3.05, 3.63) is 6.33 Å². The molecule has 0 spiro atoms. The fourth-order valence-electron chi connectivity index (χ4n) is 1.12. The molecule has 0 radical (unpaired) electrons. The summed E-state index contributed by atoms with van der Waals surface area (Å²) in [7, 11) is 0. The zero-order chi connectivity index (χ0) is 12.2. The summed E-state index contributed by atoms with van der Waals surface area (Å²) < 4.78 is 6.65. The Balaban J connectivity index is 2.61. The summed E-state index contributed by atoms with van der Waals surface area (Å²) in [4.78, 5) is 15.3. The molecule has 0 saturated heterocycles. The predicted octanol–water partition coefficient (Wildman–Crippen LogP) is 1.69. The number of carbonyl (C=O) groups excluding carboxylic acids is 1. The summed E-state index contributed by atoms with van der Waals surface area (Å²) in [6.07, 6.45) is 1.50. The summed E-state index contributed by atoms with van der Waals surface area (Å²) in [5.41, 5.74) is -0.131. The van der Waals surface area contributed by atoms with Gasteiger partial charge in [-0.1, -0.05) is 11.8 Å². The molecule has 0 atom stereocenters. The van der Waals surface area contributed by atoms with Gasteiger partial charge in [-0.3, -0.25) is 4.79 Å². The van der Waals surface area contributed by atoms with E-state index in [9.17, 15) is 4.79 Å². The first kappa shape index (κ1) is 13.0. The Morgan fingerprint density at radius 2 is 2.25 bits per heavy atom. The van der Waals surface area contributed by atoms with Gasteiger partial charge in [0, 0.05) is 0 Å². The van der Waals surface area contributed by atoms with Gasteiger partial charge in [0.05, 0.1) is 17.9 Å². The van der Waals surface area contributed by atoms with Crippen LogP contribution < -0.4 is 0 Å². The van der Waals surface area contributed by atoms with E-state index in [1.807, 2.05) is 20.8 Å². The van der Waals surface area contributed by atoms with Crippen LogP contribution >= 0.6 is 11.8 Å². The van der Waals surface area contributed by atoms with Crippen LogP contribution in [0.4, 0.5) is 0 Å². The van der Waals surface area contributed by atoms with Crippen molar-refractivity contribution in [1.82, 2.24) is 14.8 Å². The second-order valence-electron chi connectivity index (χ2n) is 4.22. The maximum absolute atomic E-state index is 11.2. The lowest BCUT2D eigenvalue weighted by atomic mass is 10.1. The van der Waals surface area contributed by atoms with Gasteiger partial charge in [0.25, 0.3) is 0 Å². The lowest BCUT2D eigenvalue weighted by molar-refractivity contribution is -0.139. The molecule has 0 amide bonds. The summed E-state index contributed by atoms with van der Waals surface area (Å²) in [6.45, 7) is 8.31. The van der Waals surface area contributed by atoms with Crippen molar-refractivity contribution in [2.45, 2.75) is 38.4 Å². The van der Waals surface area contributed by atoms with E-state index in [1.165, 1.54) is 18.1 Å². The topological polar surface area (TPSA) is 57.0 Å². The van der Waals surface area contributed by atoms with Gasteiger partial charge >= 0.3 is 5.97 Å². The van der Waals surface area contributed by atoms with Gasteiger partial charge in [-0.25, -0.2) is 9.67 Å². The zero-order valence-corrected chi connectivity index (χ0v) is 10.9. The molecule has 1 aromatic heterocycles. The quantitative estimate of drug-likeness (QED) is 0.595. The van der Waals surface area contributed by atoms with E-state index in [0.29, 0.717) is 6.61 Å². The third-order valence-corrected chi connectivity index (χ3v) is 2.69. The van der Waals surface area contributed by atoms with Gasteiger partial charge in [-0.2, -0.15) is 5.10 Å². The molecule has 1 rings (SSSR count). The molecule has 6 heteroatoms. The minimum absolute atomic E-state index is 0.131. The van der Waals surface area contributed by atoms with Crippen molar-refractivity contribution in [3.8, 4) is 0 Å². The fraction of sp³-hybridized carbons (Fsp3) is 0.700. The van der Waals surface area contributed by atoms with Crippen LogP contribution in [0.25, 0.3) is 0 Å². The Labute approximate surface area is 99.6 Å². The summed E-state index contributed by atoms with van der Waals surface area (Å²) in [5, 5.41) is 4.88. The lowest BCUT2D eigenvalue weighted by Gasteiger charge is -2.20. The van der Waals surface area contributed by atoms with E-state index in [-0.39, 0.29) is 17.3 Å². The second kappa shape index (κ2) is 5.34. The molecule has 0 aliphatic heterocycles. The van der Waals surface area contributed by atoms with Crippen LogP contribution in [-0.2, 0) is 15.1 Å². The van der Waals surface area contributed by atoms with Crippen LogP contribution in [0.5, 0.6) is 0 Å². The Hall–Kier alpha value is -1.04. The molecule has 0 aliphatic rings. The van der Waals surface area contributed by atoms with Crippen molar-refractivity contribution in [2.75, 3.05) is 12.4 Å². The minimum atomic E-state index is -0.226. The van der Waals surface area contributed by atoms with E-state index in [1.54, 1.807) is 11.6 Å². The van der Waals surface area contributed by atoms with Crippen LogP contribution in [0.2, 0.25) is 0 Å². The summed E-state index contributed by atoms with van der Waals surface area (Å²) >= 11 is 1.34. The first-order valence-electron chi connectivity index (χ1n) is 5.14. The molecular weight excluding hydrogens is 226 g/mol. The Morgan fingerprint density at radius 3 is 2.81 bits per heavy atom. The number of carbonyl (C=O) groups is 1. The molecule has 0 unspecified atom stereocenters. The molecule has 1 aromatic rings. The minimum Gasteiger partial charge on any atom is -0.465 e. The monoisotopic (exact) mass is 243 g/mol. The third kappa shape index (κ3) is 3.52. The van der Waals surface area contributed by atoms with Crippen LogP contribution in [0.3, 0.4) is 0 Å². The molecule has 0 bridgehead atoms. The Bertz CT molecular complexity index is 357. The lowest BCUT2D eigenvalue weighted by Crippen LogP contribution is -2.24. The number of aromatic nitrogens is 3. The summed E-state index contributed by atoms with van der Waals surface area (Å²) in [6, 6.07) is 0. The highest BCUT2D eigenvalue weighted by Gasteiger charge is 2.19. The van der Waals surface area contributed by atoms with Gasteiger partial charge in [0.15, 0.2) is 5.16 Å². The fourth-order valence-corrected chi connectivity index (χ4v) is 2.01. The van der Waals surface area contributed by atoms with Gasteiger partial charge in [0.1, 0.15) is 6.33 Å². The molecule has 0 aromatic carbocycles. The standard InChI is InChI=1S/C10H17N3O2S/c1-5-15-8(14)6-16-9-11-7-12-13(9)10(2,3)4/h7H,5-6H2,1-4H3. The van der Waals surface area contributed by atoms with Crippen molar-refractivity contribution >= 4 is 17.7 Å². The number of rotatable bonds is 4. The van der Waals surface area contributed by atoms with E-state index >= 15 is 0 Å². The number of hydrogen-bond acceptors (Lipinski definition) is 5. The maximum Gasteiger partial charge on any atom is 0.316 e. The zero-order valence-electron chi connectivity index (χ0n) is 10.1. The van der Waals surface area contributed by atoms with E-state index < -0.39 is 0 Å². The highest BCUT2D eigenvalue weighted by Crippen LogP contribution is 2.21. The molecule has 0 N–H and O–H groups in total. The SMILES string of the molecule is CCOC(=O)CSc1ncnn1C(C)(C)C. The third-order valence-electron chi connectivity index (χ3n) is 1.78. The second-order valence-corrected chi connectivity index (χ2v) is 5.16. The largest absolute Gasteiger partial charge is 0.465 e. The van der Waals surface area contributed by atoms with Crippen LogP contribution in [0, 0.1) is 0 Å². The smallest absolute Gasteiger partial charge is 0.316 e. The molecule has 0 saturated carbocycles.